The zero-order valence-corrected chi connectivity index (χ0v) is 19.1. The van der Waals surface area contributed by atoms with Gasteiger partial charge in [0.25, 0.3) is 5.91 Å². The maximum absolute atomic E-state index is 12.6. The van der Waals surface area contributed by atoms with Crippen LogP contribution < -0.4 is 10.6 Å². The van der Waals surface area contributed by atoms with Gasteiger partial charge in [-0.15, -0.1) is 0 Å². The highest BCUT2D eigenvalue weighted by atomic mass is 79.9. The van der Waals surface area contributed by atoms with E-state index >= 15 is 0 Å². The molecule has 0 aliphatic rings. The number of aromatic nitrogens is 2. The molecule has 0 saturated heterocycles. The monoisotopic (exact) mass is 468 g/mol. The zero-order chi connectivity index (χ0) is 21.9. The van der Waals surface area contributed by atoms with Crippen molar-refractivity contribution in [1.82, 2.24) is 15.1 Å². The molecule has 0 unspecified atom stereocenters. The Morgan fingerprint density at radius 2 is 1.73 bits per heavy atom. The number of nitrogens with one attached hydrogen (secondary N) is 2. The first-order valence-corrected chi connectivity index (χ1v) is 10.4. The summed E-state index contributed by atoms with van der Waals surface area (Å²) in [6.45, 7) is 8.07. The lowest BCUT2D eigenvalue weighted by molar-refractivity contribution is -0.115. The first kappa shape index (κ1) is 21.8. The summed E-state index contributed by atoms with van der Waals surface area (Å²) in [7, 11) is 0. The van der Waals surface area contributed by atoms with Crippen LogP contribution in [0.15, 0.2) is 59.1 Å². The summed E-state index contributed by atoms with van der Waals surface area (Å²) >= 11 is 3.34. The number of anilines is 1. The van der Waals surface area contributed by atoms with Crippen LogP contribution in [0.1, 0.15) is 42.4 Å². The minimum Gasteiger partial charge on any atom is -0.343 e. The maximum Gasteiger partial charge on any atom is 0.251 e. The van der Waals surface area contributed by atoms with E-state index in [0.717, 1.165) is 21.4 Å². The van der Waals surface area contributed by atoms with E-state index in [-0.39, 0.29) is 23.8 Å². The second-order valence-electron chi connectivity index (χ2n) is 8.10. The molecule has 1 heterocycles. The minimum absolute atomic E-state index is 0.140. The van der Waals surface area contributed by atoms with Crippen molar-refractivity contribution >= 4 is 33.6 Å². The summed E-state index contributed by atoms with van der Waals surface area (Å²) in [4.78, 5) is 24.8. The number of carbonyl (C=O) groups is 2. The van der Waals surface area contributed by atoms with Crippen LogP contribution in [0.25, 0.3) is 5.69 Å². The summed E-state index contributed by atoms with van der Waals surface area (Å²) in [5.41, 5.74) is 3.11. The number of halogens is 1. The Bertz CT molecular complexity index is 1070. The van der Waals surface area contributed by atoms with E-state index in [0.29, 0.717) is 11.4 Å². The third kappa shape index (κ3) is 5.16. The van der Waals surface area contributed by atoms with Gasteiger partial charge in [0.2, 0.25) is 5.91 Å². The number of aryl methyl sites for hydroxylation is 1. The van der Waals surface area contributed by atoms with Crippen molar-refractivity contribution in [2.75, 3.05) is 11.9 Å². The second kappa shape index (κ2) is 8.83. The fourth-order valence-corrected chi connectivity index (χ4v) is 3.14. The molecule has 2 amide bonds. The Labute approximate surface area is 184 Å². The molecule has 0 saturated carbocycles. The molecule has 3 aromatic rings. The Morgan fingerprint density at radius 1 is 1.07 bits per heavy atom. The van der Waals surface area contributed by atoms with E-state index in [1.807, 2.05) is 37.3 Å². The molecule has 0 bridgehead atoms. The fraction of sp³-hybridized carbons (Fsp3) is 0.261. The first-order chi connectivity index (χ1) is 14.1. The summed E-state index contributed by atoms with van der Waals surface area (Å²) in [6.07, 6.45) is 0. The number of rotatable bonds is 5. The molecule has 156 valence electrons. The van der Waals surface area contributed by atoms with Crippen molar-refractivity contribution in [2.24, 2.45) is 0 Å². The van der Waals surface area contributed by atoms with Crippen molar-refractivity contribution in [3.8, 4) is 5.69 Å². The summed E-state index contributed by atoms with van der Waals surface area (Å²) in [5.74, 6) is -0.0618. The van der Waals surface area contributed by atoms with Crippen LogP contribution in [0.5, 0.6) is 0 Å². The van der Waals surface area contributed by atoms with Crippen LogP contribution in [0.4, 0.5) is 5.82 Å². The van der Waals surface area contributed by atoms with Gasteiger partial charge in [0.05, 0.1) is 17.9 Å². The predicted molar refractivity (Wildman–Crippen MR) is 122 cm³/mol. The fourth-order valence-electron chi connectivity index (χ4n) is 2.87. The van der Waals surface area contributed by atoms with Gasteiger partial charge in [-0.05, 0) is 42.8 Å². The second-order valence-corrected chi connectivity index (χ2v) is 9.02. The van der Waals surface area contributed by atoms with Gasteiger partial charge in [-0.3, -0.25) is 9.59 Å². The number of hydrogen-bond donors (Lipinski definition) is 2. The molecule has 30 heavy (non-hydrogen) atoms. The van der Waals surface area contributed by atoms with Crippen LogP contribution in [0.3, 0.4) is 0 Å². The van der Waals surface area contributed by atoms with Crippen molar-refractivity contribution in [3.05, 3.63) is 75.9 Å². The van der Waals surface area contributed by atoms with E-state index in [1.165, 1.54) is 0 Å². The normalized spacial score (nSPS) is 11.2. The third-order valence-electron chi connectivity index (χ3n) is 4.60. The molecule has 0 radical (unpaired) electrons. The largest absolute Gasteiger partial charge is 0.343 e. The molecule has 0 aliphatic heterocycles. The smallest absolute Gasteiger partial charge is 0.251 e. The summed E-state index contributed by atoms with van der Waals surface area (Å²) < 4.78 is 2.63. The van der Waals surface area contributed by atoms with Crippen LogP contribution in [-0.4, -0.2) is 28.1 Å². The number of hydrogen-bond acceptors (Lipinski definition) is 3. The number of amides is 2. The van der Waals surface area contributed by atoms with Crippen LogP contribution in [0, 0.1) is 6.92 Å². The molecule has 0 fully saturated rings. The molecular formula is C23H25BrN4O2. The van der Waals surface area contributed by atoms with Gasteiger partial charge in [-0.25, -0.2) is 4.68 Å². The molecule has 6 nitrogen and oxygen atoms in total. The van der Waals surface area contributed by atoms with Gasteiger partial charge in [0, 0.05) is 21.5 Å². The Morgan fingerprint density at radius 3 is 2.37 bits per heavy atom. The standard InChI is InChI=1S/C23H25BrN4O2/c1-15-7-5-6-8-18(15)28-20(13-19(27-28)23(2,3)4)26-21(29)14-25-22(30)16-9-11-17(24)12-10-16/h5-13H,14H2,1-4H3,(H,25,30)(H,26,29). The lowest BCUT2D eigenvalue weighted by atomic mass is 9.92. The topological polar surface area (TPSA) is 76.0 Å². The SMILES string of the molecule is Cc1ccccc1-n1nc(C(C)(C)C)cc1NC(=O)CNC(=O)c1ccc(Br)cc1. The van der Waals surface area contributed by atoms with E-state index in [9.17, 15) is 9.59 Å². The highest BCUT2D eigenvalue weighted by molar-refractivity contribution is 9.10. The Balaban J connectivity index is 1.77. The summed E-state index contributed by atoms with van der Waals surface area (Å²) in [5, 5.41) is 10.3. The van der Waals surface area contributed by atoms with Gasteiger partial charge >= 0.3 is 0 Å². The quantitative estimate of drug-likeness (QED) is 0.573. The lowest BCUT2D eigenvalue weighted by Gasteiger charge is -2.14. The van der Waals surface area contributed by atoms with Crippen LogP contribution >= 0.6 is 15.9 Å². The molecule has 1 aromatic heterocycles. The Hall–Kier alpha value is -2.93. The molecule has 2 N–H and O–H groups in total. The van der Waals surface area contributed by atoms with E-state index in [4.69, 9.17) is 5.10 Å². The Kier molecular flexibility index (Phi) is 6.41. The van der Waals surface area contributed by atoms with Gasteiger partial charge in [0.15, 0.2) is 0 Å². The molecular weight excluding hydrogens is 444 g/mol. The van der Waals surface area contributed by atoms with Gasteiger partial charge in [0.1, 0.15) is 5.82 Å². The third-order valence-corrected chi connectivity index (χ3v) is 5.13. The highest BCUT2D eigenvalue weighted by Crippen LogP contribution is 2.27. The molecule has 7 heteroatoms. The molecule has 0 spiro atoms. The van der Waals surface area contributed by atoms with Crippen molar-refractivity contribution in [3.63, 3.8) is 0 Å². The van der Waals surface area contributed by atoms with E-state index < -0.39 is 0 Å². The zero-order valence-electron chi connectivity index (χ0n) is 17.5. The molecule has 0 atom stereocenters. The number of para-hydroxylation sites is 1. The lowest BCUT2D eigenvalue weighted by Crippen LogP contribution is -2.33. The highest BCUT2D eigenvalue weighted by Gasteiger charge is 2.22. The van der Waals surface area contributed by atoms with Crippen LogP contribution in [-0.2, 0) is 10.2 Å². The van der Waals surface area contributed by atoms with Gasteiger partial charge < -0.3 is 10.6 Å². The molecule has 0 aliphatic carbocycles. The van der Waals surface area contributed by atoms with Gasteiger partial charge in [-0.2, -0.15) is 5.10 Å². The van der Waals surface area contributed by atoms with Crippen LogP contribution in [0.2, 0.25) is 0 Å². The van der Waals surface area contributed by atoms with Crippen molar-refractivity contribution in [1.29, 1.82) is 0 Å². The first-order valence-electron chi connectivity index (χ1n) is 9.65. The number of nitrogens with zero attached hydrogens (tertiary/aromatic N) is 2. The average molecular weight is 469 g/mol. The number of benzene rings is 2. The average Bonchev–Trinajstić information content (AvgIpc) is 3.11. The van der Waals surface area contributed by atoms with E-state index in [2.05, 4.69) is 47.3 Å². The molecule has 2 aromatic carbocycles. The van der Waals surface area contributed by atoms with Crippen molar-refractivity contribution < 1.29 is 9.59 Å². The molecule has 3 rings (SSSR count). The summed E-state index contributed by atoms with van der Waals surface area (Å²) in [6, 6.07) is 16.7. The van der Waals surface area contributed by atoms with Gasteiger partial charge in [-0.1, -0.05) is 54.9 Å². The maximum atomic E-state index is 12.6. The van der Waals surface area contributed by atoms with E-state index in [1.54, 1.807) is 28.9 Å². The minimum atomic E-state index is -0.323. The van der Waals surface area contributed by atoms with Crippen molar-refractivity contribution in [2.45, 2.75) is 33.1 Å². The number of carbonyl (C=O) groups excluding carboxylic acids is 2. The predicted octanol–water partition coefficient (Wildman–Crippen LogP) is 4.61.